The summed E-state index contributed by atoms with van der Waals surface area (Å²) in [5, 5.41) is 22.7. The van der Waals surface area contributed by atoms with Crippen molar-refractivity contribution in [2.24, 2.45) is 0 Å². The Hall–Kier alpha value is -2.44. The number of carboxylic acids is 1. The Labute approximate surface area is 115 Å². The van der Waals surface area contributed by atoms with Crippen LogP contribution in [0, 0.1) is 10.1 Å². The van der Waals surface area contributed by atoms with Crippen LogP contribution in [0.2, 0.25) is 0 Å². The average Bonchev–Trinajstić information content (AvgIpc) is 2.37. The minimum Gasteiger partial charge on any atom is -0.480 e. The molecule has 108 valence electrons. The van der Waals surface area contributed by atoms with E-state index in [9.17, 15) is 19.7 Å². The summed E-state index contributed by atoms with van der Waals surface area (Å²) in [6.07, 6.45) is 0.976. The van der Waals surface area contributed by atoms with Gasteiger partial charge in [0, 0.05) is 11.6 Å². The van der Waals surface area contributed by atoms with Crippen LogP contribution in [-0.4, -0.2) is 27.8 Å². The van der Waals surface area contributed by atoms with Gasteiger partial charge in [-0.25, -0.2) is 4.79 Å². The molecule has 1 rings (SSSR count). The first kappa shape index (κ1) is 15.6. The normalized spacial score (nSPS) is 11.7. The third kappa shape index (κ3) is 3.78. The van der Waals surface area contributed by atoms with Crippen LogP contribution < -0.4 is 5.32 Å². The van der Waals surface area contributed by atoms with Crippen molar-refractivity contribution < 1.29 is 19.6 Å². The van der Waals surface area contributed by atoms with Gasteiger partial charge in [-0.05, 0) is 25.5 Å². The van der Waals surface area contributed by atoms with E-state index in [2.05, 4.69) is 5.32 Å². The van der Waals surface area contributed by atoms with Crippen LogP contribution in [0.25, 0.3) is 0 Å². The molecule has 0 radical (unpaired) electrons. The van der Waals surface area contributed by atoms with Crippen molar-refractivity contribution in [3.05, 3.63) is 33.9 Å². The lowest BCUT2D eigenvalue weighted by Gasteiger charge is -2.15. The molecule has 1 unspecified atom stereocenters. The summed E-state index contributed by atoms with van der Waals surface area (Å²) < 4.78 is 0. The quantitative estimate of drug-likeness (QED) is 0.451. The number of nitro groups is 1. The molecule has 0 aliphatic rings. The molecule has 1 aromatic rings. The second kappa shape index (κ2) is 6.65. The zero-order valence-electron chi connectivity index (χ0n) is 11.3. The summed E-state index contributed by atoms with van der Waals surface area (Å²) in [5.41, 5.74) is 0.00511. The maximum Gasteiger partial charge on any atom is 0.326 e. The second-order valence-corrected chi connectivity index (χ2v) is 4.37. The van der Waals surface area contributed by atoms with Crippen LogP contribution in [0.3, 0.4) is 0 Å². The van der Waals surface area contributed by atoms with Crippen molar-refractivity contribution in [3.8, 4) is 0 Å². The van der Waals surface area contributed by atoms with Gasteiger partial charge in [-0.15, -0.1) is 0 Å². The first-order chi connectivity index (χ1) is 9.36. The Morgan fingerprint density at radius 2 is 2.10 bits per heavy atom. The maximum atomic E-state index is 11.2. The summed E-state index contributed by atoms with van der Waals surface area (Å²) in [4.78, 5) is 32.7. The average molecular weight is 280 g/mol. The number of nitro benzene ring substituents is 1. The van der Waals surface area contributed by atoms with E-state index in [0.717, 1.165) is 6.07 Å². The molecular formula is C13H16N2O5. The van der Waals surface area contributed by atoms with Gasteiger partial charge in [0.05, 0.1) is 4.92 Å². The maximum absolute atomic E-state index is 11.2. The SMILES string of the molecule is CCCC(Nc1ccc(C(C)=O)cc1[N+](=O)[O-])C(=O)O. The minimum atomic E-state index is -1.07. The summed E-state index contributed by atoms with van der Waals surface area (Å²) in [7, 11) is 0. The highest BCUT2D eigenvalue weighted by Gasteiger charge is 2.22. The van der Waals surface area contributed by atoms with Gasteiger partial charge in [-0.3, -0.25) is 14.9 Å². The molecule has 1 atom stereocenters. The lowest BCUT2D eigenvalue weighted by Crippen LogP contribution is -2.29. The van der Waals surface area contributed by atoms with Crippen LogP contribution in [-0.2, 0) is 4.79 Å². The van der Waals surface area contributed by atoms with Crippen LogP contribution in [0.1, 0.15) is 37.0 Å². The molecule has 20 heavy (non-hydrogen) atoms. The number of rotatable bonds is 7. The summed E-state index contributed by atoms with van der Waals surface area (Å²) >= 11 is 0. The number of benzene rings is 1. The van der Waals surface area contributed by atoms with Gasteiger partial charge in [0.25, 0.3) is 5.69 Å². The molecule has 0 spiro atoms. The molecule has 0 aliphatic carbocycles. The fraction of sp³-hybridized carbons (Fsp3) is 0.385. The molecule has 0 fully saturated rings. The molecule has 0 bridgehead atoms. The number of hydrogen-bond donors (Lipinski definition) is 2. The minimum absolute atomic E-state index is 0.0980. The van der Waals surface area contributed by atoms with E-state index >= 15 is 0 Å². The van der Waals surface area contributed by atoms with E-state index in [1.165, 1.54) is 19.1 Å². The van der Waals surface area contributed by atoms with E-state index in [-0.39, 0.29) is 22.7 Å². The third-order valence-electron chi connectivity index (χ3n) is 2.81. The van der Waals surface area contributed by atoms with Crippen LogP contribution in [0.15, 0.2) is 18.2 Å². The van der Waals surface area contributed by atoms with Gasteiger partial charge in [0.1, 0.15) is 11.7 Å². The lowest BCUT2D eigenvalue weighted by atomic mass is 10.1. The molecule has 0 amide bonds. The summed E-state index contributed by atoms with van der Waals surface area (Å²) in [6, 6.07) is 3.04. The van der Waals surface area contributed by atoms with Gasteiger partial charge in [0.15, 0.2) is 5.78 Å². The van der Waals surface area contributed by atoms with E-state index in [0.29, 0.717) is 12.8 Å². The highest BCUT2D eigenvalue weighted by atomic mass is 16.6. The smallest absolute Gasteiger partial charge is 0.326 e. The third-order valence-corrected chi connectivity index (χ3v) is 2.81. The Kier molecular flexibility index (Phi) is 5.19. The van der Waals surface area contributed by atoms with Gasteiger partial charge in [-0.1, -0.05) is 13.3 Å². The molecule has 0 aromatic heterocycles. The summed E-state index contributed by atoms with van der Waals surface area (Å²) in [6.45, 7) is 3.13. The number of nitrogens with zero attached hydrogens (tertiary/aromatic N) is 1. The zero-order valence-corrected chi connectivity index (χ0v) is 11.3. The van der Waals surface area contributed by atoms with Crippen molar-refractivity contribution in [2.45, 2.75) is 32.7 Å². The Morgan fingerprint density at radius 3 is 2.55 bits per heavy atom. The second-order valence-electron chi connectivity index (χ2n) is 4.37. The fourth-order valence-corrected chi connectivity index (χ4v) is 1.76. The van der Waals surface area contributed by atoms with Gasteiger partial charge in [0.2, 0.25) is 0 Å². The van der Waals surface area contributed by atoms with Crippen molar-refractivity contribution in [2.75, 3.05) is 5.32 Å². The highest BCUT2D eigenvalue weighted by molar-refractivity contribution is 5.95. The topological polar surface area (TPSA) is 110 Å². The first-order valence-electron chi connectivity index (χ1n) is 6.15. The molecule has 7 heteroatoms. The lowest BCUT2D eigenvalue weighted by molar-refractivity contribution is -0.384. The Morgan fingerprint density at radius 1 is 1.45 bits per heavy atom. The van der Waals surface area contributed by atoms with Crippen molar-refractivity contribution in [1.29, 1.82) is 0 Å². The number of ketones is 1. The van der Waals surface area contributed by atoms with Gasteiger partial charge in [-0.2, -0.15) is 0 Å². The highest BCUT2D eigenvalue weighted by Crippen LogP contribution is 2.27. The van der Waals surface area contributed by atoms with Crippen molar-refractivity contribution in [1.82, 2.24) is 0 Å². The van der Waals surface area contributed by atoms with Crippen LogP contribution in [0.4, 0.5) is 11.4 Å². The molecule has 0 saturated carbocycles. The van der Waals surface area contributed by atoms with Crippen LogP contribution >= 0.6 is 0 Å². The first-order valence-corrected chi connectivity index (χ1v) is 6.15. The summed E-state index contributed by atoms with van der Waals surface area (Å²) in [5.74, 6) is -1.36. The number of hydrogen-bond acceptors (Lipinski definition) is 5. The zero-order chi connectivity index (χ0) is 15.3. The van der Waals surface area contributed by atoms with Gasteiger partial charge < -0.3 is 10.4 Å². The van der Waals surface area contributed by atoms with E-state index in [1.54, 1.807) is 0 Å². The number of carbonyl (C=O) groups is 2. The molecule has 1 aromatic carbocycles. The largest absolute Gasteiger partial charge is 0.480 e. The molecule has 7 nitrogen and oxygen atoms in total. The monoisotopic (exact) mass is 280 g/mol. The number of anilines is 1. The Bertz CT molecular complexity index is 542. The number of carboxylic acid groups (broad SMARTS) is 1. The predicted octanol–water partition coefficient (Wildman–Crippen LogP) is 2.46. The van der Waals surface area contributed by atoms with E-state index in [1.807, 2.05) is 6.92 Å². The van der Waals surface area contributed by atoms with E-state index < -0.39 is 16.9 Å². The molecule has 0 saturated heterocycles. The molecule has 0 heterocycles. The van der Waals surface area contributed by atoms with Crippen molar-refractivity contribution in [3.63, 3.8) is 0 Å². The van der Waals surface area contributed by atoms with E-state index in [4.69, 9.17) is 5.11 Å². The number of carbonyl (C=O) groups excluding carboxylic acids is 1. The van der Waals surface area contributed by atoms with Crippen molar-refractivity contribution >= 4 is 23.1 Å². The number of Topliss-reactive ketones (excluding diaryl/α,β-unsaturated/α-hetero) is 1. The predicted molar refractivity (Wildman–Crippen MR) is 73.1 cm³/mol. The number of nitrogens with one attached hydrogen (secondary N) is 1. The number of aliphatic carboxylic acids is 1. The molecular weight excluding hydrogens is 264 g/mol. The standard InChI is InChI=1S/C13H16N2O5/c1-3-4-11(13(17)18)14-10-6-5-9(8(2)16)7-12(10)15(19)20/h5-7,11,14H,3-4H2,1-2H3,(H,17,18). The fourth-order valence-electron chi connectivity index (χ4n) is 1.76. The Balaban J connectivity index is 3.13. The van der Waals surface area contributed by atoms with Gasteiger partial charge >= 0.3 is 5.97 Å². The van der Waals surface area contributed by atoms with Crippen LogP contribution in [0.5, 0.6) is 0 Å². The molecule has 0 aliphatic heterocycles. The molecule has 2 N–H and O–H groups in total.